The van der Waals surface area contributed by atoms with Crippen LogP contribution in [0.1, 0.15) is 6.42 Å². The maximum Gasteiger partial charge on any atom is 0.130 e. The van der Waals surface area contributed by atoms with E-state index < -0.39 is 0 Å². The van der Waals surface area contributed by atoms with E-state index >= 15 is 0 Å². The molecule has 1 aliphatic rings. The number of nitrogens with zero attached hydrogens (tertiary/aromatic N) is 3. The first-order chi connectivity index (χ1) is 7.79. The molecule has 0 radical (unpaired) electrons. The number of pyridine rings is 1. The van der Waals surface area contributed by atoms with Crippen molar-refractivity contribution in [1.29, 1.82) is 0 Å². The molecule has 0 unspecified atom stereocenters. The topological polar surface area (TPSA) is 31.4 Å². The smallest absolute Gasteiger partial charge is 0.130 e. The minimum absolute atomic E-state index is 0.940. The van der Waals surface area contributed by atoms with Crippen LogP contribution in [0.5, 0.6) is 0 Å². The third-order valence-corrected chi connectivity index (χ3v) is 3.03. The number of nitrogens with one attached hydrogen (secondary N) is 1. The average Bonchev–Trinajstić information content (AvgIpc) is 2.54. The Morgan fingerprint density at radius 1 is 1.19 bits per heavy atom. The highest BCUT2D eigenvalue weighted by atomic mass is 15.2. The fraction of sp³-hybridized carbons (Fsp3) is 0.583. The van der Waals surface area contributed by atoms with Crippen molar-refractivity contribution in [1.82, 2.24) is 9.88 Å². The lowest BCUT2D eigenvalue weighted by atomic mass is 10.3. The Bertz CT molecular complexity index is 340. The van der Waals surface area contributed by atoms with Gasteiger partial charge in [0, 0.05) is 26.7 Å². The Balaban J connectivity index is 2.10. The first-order valence-electron chi connectivity index (χ1n) is 5.88. The zero-order valence-corrected chi connectivity index (χ0v) is 10.1. The first kappa shape index (κ1) is 11.2. The molecule has 1 aliphatic heterocycles. The van der Waals surface area contributed by atoms with Crippen molar-refractivity contribution in [3.05, 3.63) is 18.2 Å². The van der Waals surface area contributed by atoms with Gasteiger partial charge in [0.05, 0.1) is 0 Å². The predicted octanol–water partition coefficient (Wildman–Crippen LogP) is 1.27. The van der Waals surface area contributed by atoms with Crippen molar-refractivity contribution in [2.75, 3.05) is 50.5 Å². The summed E-state index contributed by atoms with van der Waals surface area (Å²) in [7, 11) is 4.09. The van der Waals surface area contributed by atoms with Crippen LogP contribution in [0.2, 0.25) is 0 Å². The summed E-state index contributed by atoms with van der Waals surface area (Å²) in [6.07, 6.45) is 1.21. The molecule has 0 atom stereocenters. The van der Waals surface area contributed by atoms with Gasteiger partial charge in [-0.1, -0.05) is 6.07 Å². The Morgan fingerprint density at radius 2 is 2.06 bits per heavy atom. The molecule has 1 saturated heterocycles. The van der Waals surface area contributed by atoms with E-state index in [9.17, 15) is 0 Å². The van der Waals surface area contributed by atoms with Crippen LogP contribution in [-0.2, 0) is 0 Å². The molecule has 0 aliphatic carbocycles. The lowest BCUT2D eigenvalue weighted by Crippen LogP contribution is -2.29. The summed E-state index contributed by atoms with van der Waals surface area (Å²) in [4.78, 5) is 9.32. The van der Waals surface area contributed by atoms with Gasteiger partial charge in [-0.2, -0.15) is 0 Å². The molecule has 1 fully saturated rings. The molecule has 1 N–H and O–H groups in total. The minimum Gasteiger partial charge on any atom is -0.373 e. The Labute approximate surface area is 97.3 Å². The lowest BCUT2D eigenvalue weighted by molar-refractivity contribution is 0.360. The summed E-state index contributed by atoms with van der Waals surface area (Å²) < 4.78 is 0. The van der Waals surface area contributed by atoms with Crippen molar-refractivity contribution in [3.8, 4) is 0 Å². The van der Waals surface area contributed by atoms with Gasteiger partial charge in [-0.15, -0.1) is 0 Å². The van der Waals surface area contributed by atoms with Crippen LogP contribution in [0.4, 0.5) is 11.6 Å². The maximum absolute atomic E-state index is 4.58. The Hall–Kier alpha value is -1.29. The minimum atomic E-state index is 0.940. The van der Waals surface area contributed by atoms with Crippen LogP contribution < -0.4 is 10.2 Å². The summed E-state index contributed by atoms with van der Waals surface area (Å²) >= 11 is 0. The number of hydrogen-bond acceptors (Lipinski definition) is 4. The standard InChI is InChI=1S/C12H20N4/c1-13-11-5-3-6-12(14-11)16-8-4-7-15(2)9-10-16/h3,5-6H,4,7-10H2,1-2H3,(H,13,14). The molecule has 1 aromatic heterocycles. The van der Waals surface area contributed by atoms with E-state index in [1.165, 1.54) is 13.0 Å². The normalized spacial score (nSPS) is 18.2. The van der Waals surface area contributed by atoms with E-state index in [1.54, 1.807) is 0 Å². The predicted molar refractivity (Wildman–Crippen MR) is 68.1 cm³/mol. The number of anilines is 2. The van der Waals surface area contributed by atoms with Gasteiger partial charge in [0.1, 0.15) is 11.6 Å². The van der Waals surface area contributed by atoms with Gasteiger partial charge in [-0.25, -0.2) is 4.98 Å². The maximum atomic E-state index is 4.58. The Kier molecular flexibility index (Phi) is 3.62. The molecule has 2 rings (SSSR count). The van der Waals surface area contributed by atoms with Crippen molar-refractivity contribution in [2.45, 2.75) is 6.42 Å². The fourth-order valence-electron chi connectivity index (χ4n) is 2.01. The van der Waals surface area contributed by atoms with Crippen molar-refractivity contribution in [3.63, 3.8) is 0 Å². The van der Waals surface area contributed by atoms with Gasteiger partial charge in [0.15, 0.2) is 0 Å². The quantitative estimate of drug-likeness (QED) is 0.813. The molecule has 0 aromatic carbocycles. The Morgan fingerprint density at radius 3 is 2.88 bits per heavy atom. The second-order valence-electron chi connectivity index (χ2n) is 4.27. The monoisotopic (exact) mass is 220 g/mol. The molecular weight excluding hydrogens is 200 g/mol. The number of likely N-dealkylation sites (N-methyl/N-ethyl adjacent to an activating group) is 1. The molecule has 0 saturated carbocycles. The summed E-state index contributed by atoms with van der Waals surface area (Å²) in [5, 5.41) is 3.08. The van der Waals surface area contributed by atoms with E-state index in [0.717, 1.165) is 31.3 Å². The molecule has 4 nitrogen and oxygen atoms in total. The first-order valence-corrected chi connectivity index (χ1v) is 5.88. The van der Waals surface area contributed by atoms with E-state index in [-0.39, 0.29) is 0 Å². The molecule has 0 spiro atoms. The average molecular weight is 220 g/mol. The van der Waals surface area contributed by atoms with Crippen LogP contribution in [0.25, 0.3) is 0 Å². The highest BCUT2D eigenvalue weighted by molar-refractivity contribution is 5.46. The number of rotatable bonds is 2. The molecule has 2 heterocycles. The summed E-state index contributed by atoms with van der Waals surface area (Å²) in [5.41, 5.74) is 0. The van der Waals surface area contributed by atoms with Gasteiger partial charge in [-0.05, 0) is 32.1 Å². The summed E-state index contributed by atoms with van der Waals surface area (Å²) in [6.45, 7) is 4.47. The zero-order chi connectivity index (χ0) is 11.4. The third-order valence-electron chi connectivity index (χ3n) is 3.03. The molecule has 4 heteroatoms. The number of aromatic nitrogens is 1. The second kappa shape index (κ2) is 5.16. The molecule has 16 heavy (non-hydrogen) atoms. The zero-order valence-electron chi connectivity index (χ0n) is 10.1. The van der Waals surface area contributed by atoms with E-state index in [1.807, 2.05) is 13.1 Å². The van der Waals surface area contributed by atoms with Crippen LogP contribution in [-0.4, -0.2) is 50.2 Å². The van der Waals surface area contributed by atoms with Gasteiger partial charge in [0.2, 0.25) is 0 Å². The molecular formula is C12H20N4. The third kappa shape index (κ3) is 2.64. The van der Waals surface area contributed by atoms with Gasteiger partial charge in [0.25, 0.3) is 0 Å². The van der Waals surface area contributed by atoms with Gasteiger partial charge < -0.3 is 15.1 Å². The largest absolute Gasteiger partial charge is 0.373 e. The highest BCUT2D eigenvalue weighted by Crippen LogP contribution is 2.15. The molecule has 0 amide bonds. The SMILES string of the molecule is CNc1cccc(N2CCCN(C)CC2)n1. The summed E-state index contributed by atoms with van der Waals surface area (Å²) in [6, 6.07) is 6.14. The van der Waals surface area contributed by atoms with E-state index in [2.05, 4.69) is 39.3 Å². The van der Waals surface area contributed by atoms with Crippen LogP contribution in [0, 0.1) is 0 Å². The highest BCUT2D eigenvalue weighted by Gasteiger charge is 2.13. The second-order valence-corrected chi connectivity index (χ2v) is 4.27. The van der Waals surface area contributed by atoms with Gasteiger partial charge >= 0.3 is 0 Å². The molecule has 1 aromatic rings. The van der Waals surface area contributed by atoms with Crippen LogP contribution in [0.15, 0.2) is 18.2 Å². The lowest BCUT2D eigenvalue weighted by Gasteiger charge is -2.21. The molecule has 88 valence electrons. The van der Waals surface area contributed by atoms with E-state index in [4.69, 9.17) is 0 Å². The van der Waals surface area contributed by atoms with Crippen molar-refractivity contribution < 1.29 is 0 Å². The molecule has 0 bridgehead atoms. The summed E-state index contributed by atoms with van der Waals surface area (Å²) in [5.74, 6) is 2.03. The fourth-order valence-corrected chi connectivity index (χ4v) is 2.01. The van der Waals surface area contributed by atoms with Crippen LogP contribution >= 0.6 is 0 Å². The van der Waals surface area contributed by atoms with Gasteiger partial charge in [-0.3, -0.25) is 0 Å². The van der Waals surface area contributed by atoms with Crippen molar-refractivity contribution in [2.24, 2.45) is 0 Å². The van der Waals surface area contributed by atoms with Crippen molar-refractivity contribution >= 4 is 11.6 Å². The number of hydrogen-bond donors (Lipinski definition) is 1. The van der Waals surface area contributed by atoms with Crippen LogP contribution in [0.3, 0.4) is 0 Å². The van der Waals surface area contributed by atoms with E-state index in [0.29, 0.717) is 0 Å².